The van der Waals surface area contributed by atoms with Crippen molar-refractivity contribution in [3.05, 3.63) is 41.7 Å². The Kier molecular flexibility index (Phi) is 3.85. The Labute approximate surface area is 112 Å². The van der Waals surface area contributed by atoms with Gasteiger partial charge in [-0.25, -0.2) is 9.97 Å². The van der Waals surface area contributed by atoms with E-state index in [-0.39, 0.29) is 6.04 Å². The number of nitrogen functional groups attached to an aromatic ring is 1. The predicted molar refractivity (Wildman–Crippen MR) is 76.2 cm³/mol. The highest BCUT2D eigenvalue weighted by atomic mass is 16.5. The molecule has 1 aromatic heterocycles. The Morgan fingerprint density at radius 3 is 2.53 bits per heavy atom. The summed E-state index contributed by atoms with van der Waals surface area (Å²) >= 11 is 0. The van der Waals surface area contributed by atoms with Crippen LogP contribution >= 0.6 is 0 Å². The van der Waals surface area contributed by atoms with Crippen molar-refractivity contribution >= 4 is 11.6 Å². The lowest BCUT2D eigenvalue weighted by atomic mass is 10.1. The first-order valence-electron chi connectivity index (χ1n) is 6.09. The molecule has 5 nitrogen and oxygen atoms in total. The summed E-state index contributed by atoms with van der Waals surface area (Å²) < 4.78 is 5.22. The molecule has 0 fully saturated rings. The normalized spacial score (nSPS) is 11.9. The van der Waals surface area contributed by atoms with Gasteiger partial charge < -0.3 is 15.8 Å². The number of nitrogens with zero attached hydrogens (tertiary/aromatic N) is 2. The highest BCUT2D eigenvalue weighted by Gasteiger charge is 2.12. The van der Waals surface area contributed by atoms with Crippen molar-refractivity contribution in [2.45, 2.75) is 19.9 Å². The number of anilines is 2. The second-order valence-electron chi connectivity index (χ2n) is 4.42. The van der Waals surface area contributed by atoms with Crippen LogP contribution in [0.5, 0.6) is 5.75 Å². The molecule has 0 radical (unpaired) electrons. The summed E-state index contributed by atoms with van der Waals surface area (Å²) in [6, 6.07) is 8.44. The van der Waals surface area contributed by atoms with Gasteiger partial charge in [0.15, 0.2) is 11.6 Å². The van der Waals surface area contributed by atoms with Crippen LogP contribution in [0.1, 0.15) is 24.1 Å². The average molecular weight is 258 g/mol. The average Bonchev–Trinajstić information content (AvgIpc) is 2.39. The van der Waals surface area contributed by atoms with Gasteiger partial charge >= 0.3 is 0 Å². The Hall–Kier alpha value is -2.30. The summed E-state index contributed by atoms with van der Waals surface area (Å²) in [7, 11) is 1.55. The maximum absolute atomic E-state index is 5.75. The van der Waals surface area contributed by atoms with Crippen LogP contribution in [-0.2, 0) is 0 Å². The molecule has 1 atom stereocenters. The molecule has 2 aromatic rings. The minimum Gasteiger partial charge on any atom is -0.490 e. The summed E-state index contributed by atoms with van der Waals surface area (Å²) in [5.74, 6) is 1.40. The van der Waals surface area contributed by atoms with E-state index in [0.717, 1.165) is 0 Å². The second-order valence-corrected chi connectivity index (χ2v) is 4.42. The Balaban J connectivity index is 2.21. The fourth-order valence-corrected chi connectivity index (χ4v) is 1.83. The molecule has 5 heteroatoms. The van der Waals surface area contributed by atoms with Crippen LogP contribution in [0.2, 0.25) is 0 Å². The Morgan fingerprint density at radius 2 is 1.89 bits per heavy atom. The number of nitrogens with one attached hydrogen (secondary N) is 1. The molecule has 2 rings (SSSR count). The third-order valence-electron chi connectivity index (χ3n) is 2.97. The van der Waals surface area contributed by atoms with E-state index in [1.807, 2.05) is 0 Å². The van der Waals surface area contributed by atoms with Crippen LogP contribution in [0.4, 0.5) is 11.6 Å². The monoisotopic (exact) mass is 258 g/mol. The van der Waals surface area contributed by atoms with Gasteiger partial charge in [-0.1, -0.05) is 29.8 Å². The molecule has 3 N–H and O–H groups in total. The fourth-order valence-electron chi connectivity index (χ4n) is 1.83. The molecule has 0 bridgehead atoms. The zero-order valence-corrected chi connectivity index (χ0v) is 11.3. The highest BCUT2D eigenvalue weighted by molar-refractivity contribution is 5.61. The molecule has 100 valence electrons. The van der Waals surface area contributed by atoms with Crippen LogP contribution in [0, 0.1) is 6.92 Å². The minimum atomic E-state index is 0.101. The lowest BCUT2D eigenvalue weighted by Gasteiger charge is -2.17. The van der Waals surface area contributed by atoms with Crippen molar-refractivity contribution in [1.82, 2.24) is 9.97 Å². The van der Waals surface area contributed by atoms with Crippen molar-refractivity contribution in [2.75, 3.05) is 18.2 Å². The highest BCUT2D eigenvalue weighted by Crippen LogP contribution is 2.29. The molecule has 1 aromatic carbocycles. The number of rotatable bonds is 4. The van der Waals surface area contributed by atoms with Gasteiger partial charge in [-0.3, -0.25) is 0 Å². The van der Waals surface area contributed by atoms with Crippen molar-refractivity contribution in [3.63, 3.8) is 0 Å². The summed E-state index contributed by atoms with van der Waals surface area (Å²) in [6.45, 7) is 4.12. The lowest BCUT2D eigenvalue weighted by molar-refractivity contribution is 0.415. The fraction of sp³-hybridized carbons (Fsp3) is 0.286. The van der Waals surface area contributed by atoms with E-state index in [1.165, 1.54) is 17.5 Å². The number of aryl methyl sites for hydroxylation is 1. The van der Waals surface area contributed by atoms with Crippen LogP contribution < -0.4 is 15.8 Å². The number of hydrogen-bond acceptors (Lipinski definition) is 5. The first-order valence-corrected chi connectivity index (χ1v) is 6.09. The summed E-state index contributed by atoms with van der Waals surface area (Å²) in [6.07, 6.45) is 1.42. The molecule has 0 spiro atoms. The van der Waals surface area contributed by atoms with Gasteiger partial charge in [0.05, 0.1) is 13.2 Å². The number of methoxy groups -OCH3 is 1. The van der Waals surface area contributed by atoms with Gasteiger partial charge in [-0.2, -0.15) is 0 Å². The van der Waals surface area contributed by atoms with E-state index >= 15 is 0 Å². The Morgan fingerprint density at radius 1 is 1.21 bits per heavy atom. The molecular formula is C14H18N4O. The Bertz CT molecular complexity index is 554. The lowest BCUT2D eigenvalue weighted by Crippen LogP contribution is -2.10. The minimum absolute atomic E-state index is 0.101. The summed E-state index contributed by atoms with van der Waals surface area (Å²) in [5, 5.41) is 3.28. The molecule has 0 amide bonds. The molecule has 0 aliphatic heterocycles. The van der Waals surface area contributed by atoms with Gasteiger partial charge in [-0.15, -0.1) is 0 Å². The van der Waals surface area contributed by atoms with Crippen LogP contribution in [0.15, 0.2) is 30.6 Å². The van der Waals surface area contributed by atoms with Gasteiger partial charge in [0.1, 0.15) is 6.33 Å². The van der Waals surface area contributed by atoms with Crippen LogP contribution in [0.25, 0.3) is 0 Å². The number of nitrogens with two attached hydrogens (primary N) is 1. The number of aromatic nitrogens is 2. The van der Waals surface area contributed by atoms with Gasteiger partial charge in [0.2, 0.25) is 5.75 Å². The molecule has 19 heavy (non-hydrogen) atoms. The van der Waals surface area contributed by atoms with Crippen LogP contribution in [-0.4, -0.2) is 17.1 Å². The van der Waals surface area contributed by atoms with Crippen molar-refractivity contribution in [3.8, 4) is 5.75 Å². The maximum Gasteiger partial charge on any atom is 0.203 e. The van der Waals surface area contributed by atoms with Gasteiger partial charge in [0.25, 0.3) is 0 Å². The van der Waals surface area contributed by atoms with E-state index in [4.69, 9.17) is 10.5 Å². The molecule has 0 saturated heterocycles. The third-order valence-corrected chi connectivity index (χ3v) is 2.97. The summed E-state index contributed by atoms with van der Waals surface area (Å²) in [4.78, 5) is 8.07. The number of ether oxygens (including phenoxy) is 1. The maximum atomic E-state index is 5.75. The second kappa shape index (κ2) is 5.56. The smallest absolute Gasteiger partial charge is 0.203 e. The summed E-state index contributed by atoms with van der Waals surface area (Å²) in [5.41, 5.74) is 8.16. The number of hydrogen-bond donors (Lipinski definition) is 2. The topological polar surface area (TPSA) is 73.1 Å². The zero-order chi connectivity index (χ0) is 13.8. The predicted octanol–water partition coefficient (Wildman–Crippen LogP) is 2.55. The van der Waals surface area contributed by atoms with E-state index in [0.29, 0.717) is 17.4 Å². The first kappa shape index (κ1) is 13.1. The largest absolute Gasteiger partial charge is 0.490 e. The quantitative estimate of drug-likeness (QED) is 0.881. The zero-order valence-electron chi connectivity index (χ0n) is 11.3. The van der Waals surface area contributed by atoms with Crippen molar-refractivity contribution < 1.29 is 4.74 Å². The molecule has 0 aliphatic carbocycles. The molecular weight excluding hydrogens is 240 g/mol. The molecule has 0 aliphatic rings. The van der Waals surface area contributed by atoms with E-state index in [2.05, 4.69) is 53.4 Å². The van der Waals surface area contributed by atoms with Crippen LogP contribution in [0.3, 0.4) is 0 Å². The molecule has 0 saturated carbocycles. The molecule has 1 unspecified atom stereocenters. The van der Waals surface area contributed by atoms with E-state index in [1.54, 1.807) is 7.11 Å². The molecule has 1 heterocycles. The first-order chi connectivity index (χ1) is 9.11. The van der Waals surface area contributed by atoms with Gasteiger partial charge in [0, 0.05) is 0 Å². The van der Waals surface area contributed by atoms with Gasteiger partial charge in [-0.05, 0) is 19.4 Å². The van der Waals surface area contributed by atoms with Crippen molar-refractivity contribution in [2.24, 2.45) is 0 Å². The standard InChI is InChI=1S/C14H18N4O/c1-9-4-6-11(7-5-9)10(2)18-14-12(19-3)13(15)16-8-17-14/h4-8,10H,1-3H3,(H3,15,16,17,18). The van der Waals surface area contributed by atoms with E-state index < -0.39 is 0 Å². The van der Waals surface area contributed by atoms with E-state index in [9.17, 15) is 0 Å². The van der Waals surface area contributed by atoms with Crippen molar-refractivity contribution in [1.29, 1.82) is 0 Å². The third kappa shape index (κ3) is 2.93. The number of benzene rings is 1. The SMILES string of the molecule is COc1c(N)ncnc1NC(C)c1ccc(C)cc1.